The fourth-order valence-corrected chi connectivity index (χ4v) is 1.52. The van der Waals surface area contributed by atoms with Crippen LogP contribution in [0.4, 0.5) is 10.5 Å². The van der Waals surface area contributed by atoms with E-state index in [0.29, 0.717) is 0 Å². The molecule has 0 spiro atoms. The van der Waals surface area contributed by atoms with Crippen LogP contribution in [-0.2, 0) is 16.0 Å². The van der Waals surface area contributed by atoms with Crippen LogP contribution in [0.25, 0.3) is 0 Å². The summed E-state index contributed by atoms with van der Waals surface area (Å²) in [7, 11) is 0. The van der Waals surface area contributed by atoms with E-state index >= 15 is 0 Å². The summed E-state index contributed by atoms with van der Waals surface area (Å²) < 4.78 is 4.59. The Morgan fingerprint density at radius 2 is 2.27 bits per heavy atom. The lowest BCUT2D eigenvalue weighted by molar-refractivity contribution is -0.386. The van der Waals surface area contributed by atoms with Gasteiger partial charge in [-0.25, -0.2) is 9.59 Å². The van der Waals surface area contributed by atoms with Crippen LogP contribution < -0.4 is 10.9 Å². The third-order valence-corrected chi connectivity index (χ3v) is 2.50. The Bertz CT molecular complexity index is 652. The molecule has 10 heteroatoms. The van der Waals surface area contributed by atoms with Crippen LogP contribution in [-0.4, -0.2) is 39.7 Å². The summed E-state index contributed by atoms with van der Waals surface area (Å²) in [5, 5.41) is 21.8. The summed E-state index contributed by atoms with van der Waals surface area (Å²) in [6.45, 7) is 3.24. The Morgan fingerprint density at radius 3 is 2.82 bits per heavy atom. The predicted octanol–water partition coefficient (Wildman–Crippen LogP) is 0.191. The van der Waals surface area contributed by atoms with Crippen LogP contribution in [0.3, 0.4) is 0 Å². The largest absolute Gasteiger partial charge is 0.480 e. The molecule has 0 aliphatic rings. The van der Waals surface area contributed by atoms with Crippen molar-refractivity contribution in [2.75, 3.05) is 6.61 Å². The van der Waals surface area contributed by atoms with Crippen LogP contribution in [0.15, 0.2) is 29.7 Å². The predicted molar refractivity (Wildman–Crippen MR) is 73.5 cm³/mol. The zero-order valence-corrected chi connectivity index (χ0v) is 11.3. The number of nitro groups is 1. The van der Waals surface area contributed by atoms with Crippen LogP contribution >= 0.6 is 0 Å². The Hall–Kier alpha value is -3.17. The van der Waals surface area contributed by atoms with E-state index in [1.54, 1.807) is 0 Å². The lowest BCUT2D eigenvalue weighted by atomic mass is 10.1. The zero-order chi connectivity index (χ0) is 16.7. The quantitative estimate of drug-likeness (QED) is 0.369. The molecule has 1 heterocycles. The first-order valence-corrected chi connectivity index (χ1v) is 5.98. The highest BCUT2D eigenvalue weighted by Gasteiger charge is 2.23. The summed E-state index contributed by atoms with van der Waals surface area (Å²) >= 11 is 0. The second-order valence-electron chi connectivity index (χ2n) is 4.11. The third kappa shape index (κ3) is 4.74. The van der Waals surface area contributed by atoms with E-state index in [2.05, 4.69) is 21.6 Å². The highest BCUT2D eigenvalue weighted by molar-refractivity contribution is 5.80. The van der Waals surface area contributed by atoms with E-state index in [9.17, 15) is 24.5 Å². The number of amides is 1. The minimum Gasteiger partial charge on any atom is -0.480 e. The number of nitrogens with one attached hydrogen (secondary N) is 2. The number of ether oxygens (including phenoxy) is 1. The topological polar surface area (TPSA) is 152 Å². The Kier molecular flexibility index (Phi) is 5.81. The maximum absolute atomic E-state index is 11.3. The van der Waals surface area contributed by atoms with E-state index in [4.69, 9.17) is 5.11 Å². The monoisotopic (exact) mass is 311 g/mol. The molecule has 1 aromatic rings. The molecule has 10 nitrogen and oxygen atoms in total. The van der Waals surface area contributed by atoms with Crippen molar-refractivity contribution in [3.63, 3.8) is 0 Å². The van der Waals surface area contributed by atoms with Crippen molar-refractivity contribution in [3.8, 4) is 0 Å². The van der Waals surface area contributed by atoms with Crippen molar-refractivity contribution >= 4 is 17.7 Å². The van der Waals surface area contributed by atoms with Crippen molar-refractivity contribution in [2.24, 2.45) is 0 Å². The molecule has 0 aromatic carbocycles. The number of carboxylic acid groups (broad SMARTS) is 1. The number of pyridine rings is 1. The Labute approximate surface area is 123 Å². The van der Waals surface area contributed by atoms with Gasteiger partial charge in [0, 0.05) is 18.7 Å². The number of carboxylic acids is 1. The molecular formula is C12H13N3O7. The van der Waals surface area contributed by atoms with Gasteiger partial charge in [0.15, 0.2) is 0 Å². The molecular weight excluding hydrogens is 298 g/mol. The number of nitrogens with zero attached hydrogens (tertiary/aromatic N) is 1. The van der Waals surface area contributed by atoms with Gasteiger partial charge >= 0.3 is 23.3 Å². The molecule has 0 saturated heterocycles. The smallest absolute Gasteiger partial charge is 0.408 e. The van der Waals surface area contributed by atoms with Crippen LogP contribution in [0.5, 0.6) is 0 Å². The first-order chi connectivity index (χ1) is 10.3. The second kappa shape index (κ2) is 7.57. The maximum Gasteiger partial charge on any atom is 0.408 e. The van der Waals surface area contributed by atoms with Gasteiger partial charge in [-0.3, -0.25) is 14.9 Å². The average Bonchev–Trinajstić information content (AvgIpc) is 2.45. The van der Waals surface area contributed by atoms with E-state index < -0.39 is 34.3 Å². The van der Waals surface area contributed by atoms with Crippen molar-refractivity contribution in [1.29, 1.82) is 0 Å². The highest BCUT2D eigenvalue weighted by atomic mass is 16.6. The minimum atomic E-state index is -1.37. The molecule has 0 aliphatic carbocycles. The number of hydrogen-bond acceptors (Lipinski definition) is 6. The molecule has 22 heavy (non-hydrogen) atoms. The molecule has 1 unspecified atom stereocenters. The van der Waals surface area contributed by atoms with E-state index in [-0.39, 0.29) is 18.6 Å². The average molecular weight is 311 g/mol. The molecule has 1 amide bonds. The van der Waals surface area contributed by atoms with Gasteiger partial charge in [0.1, 0.15) is 12.6 Å². The fourth-order valence-electron chi connectivity index (χ4n) is 1.52. The van der Waals surface area contributed by atoms with Gasteiger partial charge in [-0.2, -0.15) is 0 Å². The molecule has 1 rings (SSSR count). The van der Waals surface area contributed by atoms with Gasteiger partial charge in [0.2, 0.25) is 0 Å². The number of hydrogen-bond donors (Lipinski definition) is 3. The first kappa shape index (κ1) is 16.9. The Balaban J connectivity index is 2.87. The number of alkyl carbamates (subject to hydrolysis) is 1. The summed E-state index contributed by atoms with van der Waals surface area (Å²) in [5.41, 5.74) is -1.45. The highest BCUT2D eigenvalue weighted by Crippen LogP contribution is 2.09. The van der Waals surface area contributed by atoms with Crippen molar-refractivity contribution in [3.05, 3.63) is 50.9 Å². The maximum atomic E-state index is 11.3. The molecule has 118 valence electrons. The fraction of sp³-hybridized carbons (Fsp3) is 0.250. The molecule has 0 radical (unpaired) electrons. The number of carbonyl (C=O) groups is 2. The number of aromatic amines is 1. The normalized spacial score (nSPS) is 11.3. The summed E-state index contributed by atoms with van der Waals surface area (Å²) in [6.07, 6.45) is 1.21. The van der Waals surface area contributed by atoms with Gasteiger partial charge < -0.3 is 20.1 Å². The number of aliphatic carboxylic acids is 1. The number of rotatable bonds is 7. The number of carbonyl (C=O) groups excluding carboxylic acids is 1. The van der Waals surface area contributed by atoms with E-state index in [0.717, 1.165) is 12.3 Å². The summed E-state index contributed by atoms with van der Waals surface area (Å²) in [5.74, 6) is -1.36. The minimum absolute atomic E-state index is 0.0949. The van der Waals surface area contributed by atoms with Crippen molar-refractivity contribution < 1.29 is 24.4 Å². The molecule has 3 N–H and O–H groups in total. The van der Waals surface area contributed by atoms with Gasteiger partial charge in [-0.15, -0.1) is 0 Å². The molecule has 1 atom stereocenters. The summed E-state index contributed by atoms with van der Waals surface area (Å²) in [4.78, 5) is 45.6. The Morgan fingerprint density at radius 1 is 1.59 bits per heavy atom. The van der Waals surface area contributed by atoms with Gasteiger partial charge in [-0.05, 0) is 5.56 Å². The van der Waals surface area contributed by atoms with Crippen molar-refractivity contribution in [2.45, 2.75) is 12.5 Å². The number of H-pyrrole nitrogens is 1. The molecule has 1 aromatic heterocycles. The van der Waals surface area contributed by atoms with E-state index in [1.165, 1.54) is 6.08 Å². The molecule has 0 fully saturated rings. The third-order valence-electron chi connectivity index (χ3n) is 2.50. The van der Waals surface area contributed by atoms with Crippen LogP contribution in [0.2, 0.25) is 0 Å². The van der Waals surface area contributed by atoms with Crippen LogP contribution in [0.1, 0.15) is 5.56 Å². The SMILES string of the molecule is C=CCOC(=O)NC(Cc1c[nH]c(=O)c([N+](=O)[O-])c1)C(=O)O. The molecule has 0 aliphatic heterocycles. The van der Waals surface area contributed by atoms with Gasteiger partial charge in [-0.1, -0.05) is 12.7 Å². The first-order valence-electron chi connectivity index (χ1n) is 5.98. The van der Waals surface area contributed by atoms with Gasteiger partial charge in [0.25, 0.3) is 0 Å². The molecule has 0 saturated carbocycles. The lowest BCUT2D eigenvalue weighted by Crippen LogP contribution is -2.42. The standard InChI is InChI=1S/C12H13N3O7/c1-2-3-22-12(19)14-8(11(17)18)4-7-5-9(15(20)21)10(16)13-6-7/h2,5-6,8H,1,3-4H2,(H,13,16)(H,14,19)(H,17,18). The summed E-state index contributed by atoms with van der Waals surface area (Å²) in [6, 6.07) is -0.422. The van der Waals surface area contributed by atoms with E-state index in [1.807, 2.05) is 0 Å². The van der Waals surface area contributed by atoms with Crippen LogP contribution in [0, 0.1) is 10.1 Å². The second-order valence-corrected chi connectivity index (χ2v) is 4.11. The van der Waals surface area contributed by atoms with Crippen molar-refractivity contribution in [1.82, 2.24) is 10.3 Å². The number of aromatic nitrogens is 1. The lowest BCUT2D eigenvalue weighted by Gasteiger charge is -2.14. The molecule has 0 bridgehead atoms. The van der Waals surface area contributed by atoms with Gasteiger partial charge in [0.05, 0.1) is 4.92 Å². The zero-order valence-electron chi connectivity index (χ0n) is 11.3.